The maximum Gasteiger partial charge on any atom is 0.248 e. The summed E-state index contributed by atoms with van der Waals surface area (Å²) in [5.41, 5.74) is 0. The van der Waals surface area contributed by atoms with E-state index in [4.69, 9.17) is 9.26 Å². The van der Waals surface area contributed by atoms with Gasteiger partial charge in [0.2, 0.25) is 5.89 Å². The summed E-state index contributed by atoms with van der Waals surface area (Å²) in [6.45, 7) is 3.58. The summed E-state index contributed by atoms with van der Waals surface area (Å²) in [5.74, 6) is 2.77. The van der Waals surface area contributed by atoms with Crippen molar-refractivity contribution in [3.63, 3.8) is 0 Å². The third-order valence-corrected chi connectivity index (χ3v) is 3.51. The zero-order chi connectivity index (χ0) is 14.7. The number of aromatic nitrogens is 4. The Labute approximate surface area is 123 Å². The van der Waals surface area contributed by atoms with Gasteiger partial charge in [0.15, 0.2) is 5.82 Å². The molecule has 7 heteroatoms. The van der Waals surface area contributed by atoms with E-state index in [9.17, 15) is 0 Å². The topological polar surface area (TPSA) is 78.0 Å². The second-order valence-electron chi connectivity index (χ2n) is 5.44. The molecule has 3 rings (SSSR count). The Morgan fingerprint density at radius 2 is 2.38 bits per heavy atom. The number of hydrogen-bond donors (Lipinski definition) is 1. The third kappa shape index (κ3) is 3.60. The van der Waals surface area contributed by atoms with Gasteiger partial charge in [-0.05, 0) is 26.2 Å². The minimum absolute atomic E-state index is 0.0488. The van der Waals surface area contributed by atoms with Gasteiger partial charge in [0.05, 0.1) is 0 Å². The molecule has 1 atom stereocenters. The Hall–Kier alpha value is -1.89. The lowest BCUT2D eigenvalue weighted by molar-refractivity contribution is 0.189. The number of hydrogen-bond acceptors (Lipinski definition) is 6. The van der Waals surface area contributed by atoms with E-state index in [0.717, 1.165) is 31.2 Å². The largest absolute Gasteiger partial charge is 0.385 e. The van der Waals surface area contributed by atoms with Crippen LogP contribution in [0, 0.1) is 0 Å². The van der Waals surface area contributed by atoms with Crippen LogP contribution in [0.2, 0.25) is 0 Å². The lowest BCUT2D eigenvalue weighted by Gasteiger charge is -2.07. The minimum Gasteiger partial charge on any atom is -0.385 e. The molecular weight excluding hydrogens is 270 g/mol. The lowest BCUT2D eigenvalue weighted by atomic mass is 10.3. The minimum atomic E-state index is -0.0488. The molecule has 0 unspecified atom stereocenters. The smallest absolute Gasteiger partial charge is 0.248 e. The molecule has 2 aromatic rings. The quantitative estimate of drug-likeness (QED) is 0.752. The molecule has 0 bridgehead atoms. The molecule has 0 amide bonds. The number of methoxy groups -OCH3 is 1. The van der Waals surface area contributed by atoms with Gasteiger partial charge in [0.25, 0.3) is 0 Å². The molecule has 1 saturated carbocycles. The van der Waals surface area contributed by atoms with Crippen molar-refractivity contribution < 1.29 is 9.26 Å². The van der Waals surface area contributed by atoms with E-state index in [2.05, 4.69) is 20.6 Å². The molecule has 114 valence electrons. The second kappa shape index (κ2) is 6.26. The molecule has 1 N–H and O–H groups in total. The molecule has 0 radical (unpaired) electrons. The summed E-state index contributed by atoms with van der Waals surface area (Å²) < 4.78 is 12.2. The fourth-order valence-corrected chi connectivity index (χ4v) is 2.15. The van der Waals surface area contributed by atoms with Gasteiger partial charge in [-0.25, -0.2) is 0 Å². The molecule has 2 heterocycles. The van der Waals surface area contributed by atoms with Crippen LogP contribution in [-0.4, -0.2) is 33.6 Å². The summed E-state index contributed by atoms with van der Waals surface area (Å²) in [6, 6.07) is 1.90. The van der Waals surface area contributed by atoms with E-state index >= 15 is 0 Å². The van der Waals surface area contributed by atoms with Crippen LogP contribution in [0.4, 0.5) is 5.82 Å². The van der Waals surface area contributed by atoms with Crippen molar-refractivity contribution in [3.8, 4) is 0 Å². The third-order valence-electron chi connectivity index (χ3n) is 3.51. The fourth-order valence-electron chi connectivity index (χ4n) is 2.15. The maximum atomic E-state index is 5.31. The zero-order valence-electron chi connectivity index (χ0n) is 12.5. The van der Waals surface area contributed by atoms with Crippen molar-refractivity contribution in [1.29, 1.82) is 0 Å². The summed E-state index contributed by atoms with van der Waals surface area (Å²) in [7, 11) is 1.71. The summed E-state index contributed by atoms with van der Waals surface area (Å²) >= 11 is 0. The molecule has 7 nitrogen and oxygen atoms in total. The van der Waals surface area contributed by atoms with E-state index in [-0.39, 0.29) is 6.04 Å². The average molecular weight is 291 g/mol. The van der Waals surface area contributed by atoms with E-state index in [1.807, 2.05) is 23.9 Å². The van der Waals surface area contributed by atoms with E-state index in [1.165, 1.54) is 12.8 Å². The van der Waals surface area contributed by atoms with Crippen molar-refractivity contribution in [2.24, 2.45) is 0 Å². The van der Waals surface area contributed by atoms with E-state index in [0.29, 0.717) is 11.8 Å². The van der Waals surface area contributed by atoms with Crippen LogP contribution >= 0.6 is 0 Å². The molecule has 21 heavy (non-hydrogen) atoms. The van der Waals surface area contributed by atoms with E-state index in [1.54, 1.807) is 7.11 Å². The highest BCUT2D eigenvalue weighted by Crippen LogP contribution is 2.38. The summed E-state index contributed by atoms with van der Waals surface area (Å²) in [6.07, 6.45) is 5.25. The van der Waals surface area contributed by atoms with Crippen molar-refractivity contribution in [1.82, 2.24) is 19.9 Å². The van der Waals surface area contributed by atoms with Gasteiger partial charge in [-0.1, -0.05) is 5.16 Å². The Kier molecular flexibility index (Phi) is 4.19. The van der Waals surface area contributed by atoms with Crippen LogP contribution in [-0.2, 0) is 11.3 Å². The number of anilines is 1. The molecule has 0 aromatic carbocycles. The average Bonchev–Trinajstić information content (AvgIpc) is 3.04. The van der Waals surface area contributed by atoms with Gasteiger partial charge in [-0.2, -0.15) is 10.1 Å². The van der Waals surface area contributed by atoms with Crippen LogP contribution in [0.3, 0.4) is 0 Å². The number of nitrogens with one attached hydrogen (secondary N) is 1. The first kappa shape index (κ1) is 14.1. The highest BCUT2D eigenvalue weighted by atomic mass is 16.5. The van der Waals surface area contributed by atoms with Crippen molar-refractivity contribution in [2.45, 2.75) is 44.7 Å². The number of ether oxygens (including phenoxy) is 1. The van der Waals surface area contributed by atoms with Gasteiger partial charge in [0.1, 0.15) is 11.9 Å². The highest BCUT2D eigenvalue weighted by Gasteiger charge is 2.29. The van der Waals surface area contributed by atoms with E-state index < -0.39 is 0 Å². The number of nitrogens with zero attached hydrogens (tertiary/aromatic N) is 4. The highest BCUT2D eigenvalue weighted by molar-refractivity contribution is 5.34. The predicted octanol–water partition coefficient (Wildman–Crippen LogP) is 2.35. The van der Waals surface area contributed by atoms with Gasteiger partial charge in [0, 0.05) is 38.4 Å². The monoisotopic (exact) mass is 291 g/mol. The van der Waals surface area contributed by atoms with Crippen LogP contribution < -0.4 is 5.32 Å². The first-order chi connectivity index (χ1) is 10.3. The lowest BCUT2D eigenvalue weighted by Crippen LogP contribution is -2.09. The standard InChI is InChI=1S/C14H21N5O2/c1-10(14-16-13(18-21-14)11-4-5-11)15-12-6-8-19(17-12)7-3-9-20-2/h6,8,10-11H,3-5,7,9H2,1-2H3,(H,15,17)/t10-/m1/s1. The van der Waals surface area contributed by atoms with Crippen LogP contribution in [0.15, 0.2) is 16.8 Å². The first-order valence-corrected chi connectivity index (χ1v) is 7.38. The number of aryl methyl sites for hydroxylation is 1. The summed E-state index contributed by atoms with van der Waals surface area (Å²) in [5, 5.41) is 11.8. The predicted molar refractivity (Wildman–Crippen MR) is 77.0 cm³/mol. The van der Waals surface area contributed by atoms with Gasteiger partial charge in [-0.15, -0.1) is 0 Å². The Morgan fingerprint density at radius 3 is 3.14 bits per heavy atom. The molecule has 0 aliphatic heterocycles. The molecule has 1 aliphatic carbocycles. The molecular formula is C14H21N5O2. The van der Waals surface area contributed by atoms with Crippen LogP contribution in [0.5, 0.6) is 0 Å². The SMILES string of the molecule is COCCCn1ccc(N[C@H](C)c2nc(C3CC3)no2)n1. The zero-order valence-corrected chi connectivity index (χ0v) is 12.5. The van der Waals surface area contributed by atoms with Crippen molar-refractivity contribution in [2.75, 3.05) is 19.0 Å². The summed E-state index contributed by atoms with van der Waals surface area (Å²) in [4.78, 5) is 4.44. The maximum absolute atomic E-state index is 5.31. The number of rotatable bonds is 8. The molecule has 1 fully saturated rings. The van der Waals surface area contributed by atoms with Crippen molar-refractivity contribution in [3.05, 3.63) is 24.0 Å². The Morgan fingerprint density at radius 1 is 1.52 bits per heavy atom. The van der Waals surface area contributed by atoms with Gasteiger partial charge < -0.3 is 14.6 Å². The Balaban J connectivity index is 1.54. The molecule has 0 spiro atoms. The van der Waals surface area contributed by atoms with Crippen LogP contribution in [0.1, 0.15) is 49.9 Å². The van der Waals surface area contributed by atoms with Crippen LogP contribution in [0.25, 0.3) is 0 Å². The Bertz CT molecular complexity index is 575. The molecule has 1 aliphatic rings. The fraction of sp³-hybridized carbons (Fsp3) is 0.643. The van der Waals surface area contributed by atoms with Gasteiger partial charge in [-0.3, -0.25) is 4.68 Å². The normalized spacial score (nSPS) is 16.1. The van der Waals surface area contributed by atoms with Gasteiger partial charge >= 0.3 is 0 Å². The second-order valence-corrected chi connectivity index (χ2v) is 5.44. The van der Waals surface area contributed by atoms with Crippen molar-refractivity contribution >= 4 is 5.82 Å². The molecule has 2 aromatic heterocycles. The first-order valence-electron chi connectivity index (χ1n) is 7.38. The molecule has 0 saturated heterocycles.